The molecule has 0 aromatic heterocycles. The molecular formula is C15H19NO. The van der Waals surface area contributed by atoms with Crippen molar-refractivity contribution in [1.29, 1.82) is 0 Å². The number of carbonyl (C=O) groups excluding carboxylic acids is 1. The molecule has 0 spiro atoms. The van der Waals surface area contributed by atoms with E-state index in [4.69, 9.17) is 0 Å². The van der Waals surface area contributed by atoms with Crippen LogP contribution in [-0.4, -0.2) is 23.9 Å². The van der Waals surface area contributed by atoms with Crippen LogP contribution in [0.5, 0.6) is 0 Å². The van der Waals surface area contributed by atoms with Crippen LogP contribution in [0, 0.1) is 11.8 Å². The smallest absolute Gasteiger partial charge is 0.253 e. The molecule has 1 aromatic rings. The second-order valence-corrected chi connectivity index (χ2v) is 5.46. The molecule has 2 aliphatic carbocycles. The van der Waals surface area contributed by atoms with Crippen LogP contribution >= 0.6 is 0 Å². The van der Waals surface area contributed by atoms with Crippen molar-refractivity contribution in [3.05, 3.63) is 35.9 Å². The topological polar surface area (TPSA) is 20.3 Å². The fourth-order valence-electron chi connectivity index (χ4n) is 2.23. The van der Waals surface area contributed by atoms with Gasteiger partial charge in [-0.1, -0.05) is 18.2 Å². The van der Waals surface area contributed by atoms with E-state index in [0.29, 0.717) is 0 Å². The zero-order valence-corrected chi connectivity index (χ0v) is 10.1. The Hall–Kier alpha value is -1.31. The van der Waals surface area contributed by atoms with Crippen LogP contribution in [0.4, 0.5) is 0 Å². The van der Waals surface area contributed by atoms with Gasteiger partial charge in [0.15, 0.2) is 0 Å². The molecule has 2 fully saturated rings. The maximum absolute atomic E-state index is 12.4. The van der Waals surface area contributed by atoms with Crippen LogP contribution in [-0.2, 0) is 0 Å². The molecule has 2 heteroatoms. The summed E-state index contributed by atoms with van der Waals surface area (Å²) >= 11 is 0. The van der Waals surface area contributed by atoms with Crippen LogP contribution in [0.25, 0.3) is 0 Å². The van der Waals surface area contributed by atoms with E-state index in [2.05, 4.69) is 4.90 Å². The first-order valence-corrected chi connectivity index (χ1v) is 6.67. The average Bonchev–Trinajstić information content (AvgIpc) is 3.23. The quantitative estimate of drug-likeness (QED) is 0.760. The third-order valence-electron chi connectivity index (χ3n) is 3.66. The molecule has 0 radical (unpaired) electrons. The Morgan fingerprint density at radius 1 is 1.00 bits per heavy atom. The molecule has 0 N–H and O–H groups in total. The molecule has 0 bridgehead atoms. The van der Waals surface area contributed by atoms with Gasteiger partial charge < -0.3 is 4.90 Å². The molecule has 0 aliphatic heterocycles. The number of carbonyl (C=O) groups is 1. The van der Waals surface area contributed by atoms with E-state index in [0.717, 1.165) is 30.5 Å². The van der Waals surface area contributed by atoms with E-state index in [1.807, 2.05) is 30.3 Å². The van der Waals surface area contributed by atoms with Crippen LogP contribution in [0.2, 0.25) is 0 Å². The molecule has 2 saturated carbocycles. The van der Waals surface area contributed by atoms with E-state index < -0.39 is 0 Å². The molecule has 1 aromatic carbocycles. The van der Waals surface area contributed by atoms with E-state index in [1.165, 1.54) is 25.7 Å². The Morgan fingerprint density at radius 3 is 2.00 bits per heavy atom. The molecule has 2 nitrogen and oxygen atoms in total. The highest BCUT2D eigenvalue weighted by molar-refractivity contribution is 5.94. The zero-order chi connectivity index (χ0) is 11.7. The fraction of sp³-hybridized carbons (Fsp3) is 0.533. The van der Waals surface area contributed by atoms with Gasteiger partial charge in [0.05, 0.1) is 0 Å². The molecule has 3 rings (SSSR count). The third-order valence-corrected chi connectivity index (χ3v) is 3.66. The van der Waals surface area contributed by atoms with Crippen molar-refractivity contribution in [2.75, 3.05) is 13.1 Å². The molecule has 2 aliphatic rings. The summed E-state index contributed by atoms with van der Waals surface area (Å²) in [5.41, 5.74) is 0.841. The highest BCUT2D eigenvalue weighted by Gasteiger charge is 2.31. The standard InChI is InChI=1S/C15H19NO/c17-15(14-4-2-1-3-5-14)16(10-12-6-7-12)11-13-8-9-13/h1-5,12-13H,6-11H2. The lowest BCUT2D eigenvalue weighted by atomic mass is 10.2. The summed E-state index contributed by atoms with van der Waals surface area (Å²) in [5.74, 6) is 1.78. The maximum atomic E-state index is 12.4. The summed E-state index contributed by atoms with van der Waals surface area (Å²) in [7, 11) is 0. The lowest BCUT2D eigenvalue weighted by Gasteiger charge is -2.22. The Kier molecular flexibility index (Phi) is 2.87. The summed E-state index contributed by atoms with van der Waals surface area (Å²) in [6.45, 7) is 1.95. The van der Waals surface area contributed by atoms with Gasteiger partial charge in [-0.3, -0.25) is 4.79 Å². The van der Waals surface area contributed by atoms with Gasteiger partial charge in [0, 0.05) is 18.7 Å². The average molecular weight is 229 g/mol. The first-order valence-electron chi connectivity index (χ1n) is 6.67. The van der Waals surface area contributed by atoms with E-state index in [-0.39, 0.29) is 5.91 Å². The van der Waals surface area contributed by atoms with Crippen molar-refractivity contribution in [3.63, 3.8) is 0 Å². The minimum atomic E-state index is 0.226. The first-order chi connectivity index (χ1) is 8.33. The SMILES string of the molecule is O=C(c1ccccc1)N(CC1CC1)CC1CC1. The van der Waals surface area contributed by atoms with Gasteiger partial charge in [0.25, 0.3) is 5.91 Å². The summed E-state index contributed by atoms with van der Waals surface area (Å²) in [6.07, 6.45) is 5.24. The van der Waals surface area contributed by atoms with Crippen LogP contribution in [0.3, 0.4) is 0 Å². The van der Waals surface area contributed by atoms with Crippen molar-refractivity contribution in [3.8, 4) is 0 Å². The van der Waals surface area contributed by atoms with Crippen LogP contribution in [0.1, 0.15) is 36.0 Å². The van der Waals surface area contributed by atoms with Gasteiger partial charge in [0.2, 0.25) is 0 Å². The molecule has 0 heterocycles. The van der Waals surface area contributed by atoms with Gasteiger partial charge in [-0.05, 0) is 49.7 Å². The fourth-order valence-corrected chi connectivity index (χ4v) is 2.23. The molecule has 0 unspecified atom stereocenters. The predicted molar refractivity (Wildman–Crippen MR) is 67.8 cm³/mol. The lowest BCUT2D eigenvalue weighted by Crippen LogP contribution is -2.34. The van der Waals surface area contributed by atoms with Crippen molar-refractivity contribution >= 4 is 5.91 Å². The lowest BCUT2D eigenvalue weighted by molar-refractivity contribution is 0.0739. The highest BCUT2D eigenvalue weighted by atomic mass is 16.2. The van der Waals surface area contributed by atoms with Crippen molar-refractivity contribution in [2.24, 2.45) is 11.8 Å². The van der Waals surface area contributed by atoms with Gasteiger partial charge in [0.1, 0.15) is 0 Å². The van der Waals surface area contributed by atoms with Crippen LogP contribution in [0.15, 0.2) is 30.3 Å². The molecule has 17 heavy (non-hydrogen) atoms. The van der Waals surface area contributed by atoms with E-state index in [1.54, 1.807) is 0 Å². The highest BCUT2D eigenvalue weighted by Crippen LogP contribution is 2.34. The second kappa shape index (κ2) is 4.52. The number of rotatable bonds is 5. The minimum absolute atomic E-state index is 0.226. The Balaban J connectivity index is 1.69. The van der Waals surface area contributed by atoms with Crippen molar-refractivity contribution in [1.82, 2.24) is 4.90 Å². The zero-order valence-electron chi connectivity index (χ0n) is 10.1. The summed E-state index contributed by atoms with van der Waals surface area (Å²) < 4.78 is 0. The predicted octanol–water partition coefficient (Wildman–Crippen LogP) is 2.95. The number of amides is 1. The van der Waals surface area contributed by atoms with Crippen molar-refractivity contribution in [2.45, 2.75) is 25.7 Å². The third kappa shape index (κ3) is 2.87. The number of hydrogen-bond donors (Lipinski definition) is 0. The first kappa shape index (κ1) is 10.8. The van der Waals surface area contributed by atoms with E-state index >= 15 is 0 Å². The van der Waals surface area contributed by atoms with Gasteiger partial charge in [-0.25, -0.2) is 0 Å². The number of hydrogen-bond acceptors (Lipinski definition) is 1. The maximum Gasteiger partial charge on any atom is 0.253 e. The molecule has 1 amide bonds. The second-order valence-electron chi connectivity index (χ2n) is 5.46. The monoisotopic (exact) mass is 229 g/mol. The Bertz CT molecular complexity index is 379. The largest absolute Gasteiger partial charge is 0.338 e. The summed E-state index contributed by atoms with van der Waals surface area (Å²) in [4.78, 5) is 14.5. The van der Waals surface area contributed by atoms with Crippen LogP contribution < -0.4 is 0 Å². The summed E-state index contributed by atoms with van der Waals surface area (Å²) in [6, 6.07) is 9.70. The normalized spacial score (nSPS) is 19.1. The number of nitrogens with zero attached hydrogens (tertiary/aromatic N) is 1. The minimum Gasteiger partial charge on any atom is -0.338 e. The van der Waals surface area contributed by atoms with Gasteiger partial charge >= 0.3 is 0 Å². The molecule has 0 saturated heterocycles. The van der Waals surface area contributed by atoms with Gasteiger partial charge in [-0.2, -0.15) is 0 Å². The number of benzene rings is 1. The molecule has 90 valence electrons. The molecular weight excluding hydrogens is 210 g/mol. The summed E-state index contributed by atoms with van der Waals surface area (Å²) in [5, 5.41) is 0. The Morgan fingerprint density at radius 2 is 1.53 bits per heavy atom. The molecule has 0 atom stereocenters. The van der Waals surface area contributed by atoms with E-state index in [9.17, 15) is 4.79 Å². The van der Waals surface area contributed by atoms with Crippen molar-refractivity contribution < 1.29 is 4.79 Å². The Labute approximate surface area is 103 Å². The van der Waals surface area contributed by atoms with Gasteiger partial charge in [-0.15, -0.1) is 0 Å².